The molecule has 0 heterocycles. The molecule has 0 aliphatic rings. The predicted octanol–water partition coefficient (Wildman–Crippen LogP) is 2.73. The molecule has 0 aromatic heterocycles. The lowest BCUT2D eigenvalue weighted by Crippen LogP contribution is -2.03. The van der Waals surface area contributed by atoms with Gasteiger partial charge in [0.2, 0.25) is 11.5 Å². The standard InChI is InChI=1S/C7H4F3NOS/c8-7(9,10)5-2-1-3-6(4-5)11-13-12/h1-4H. The lowest BCUT2D eigenvalue weighted by molar-refractivity contribution is -0.137. The first-order valence-corrected chi connectivity index (χ1v) is 3.91. The zero-order chi connectivity index (χ0) is 9.90. The third-order valence-corrected chi connectivity index (χ3v) is 1.60. The molecular weight excluding hydrogens is 203 g/mol. The van der Waals surface area contributed by atoms with Gasteiger partial charge in [0.15, 0.2) is 0 Å². The van der Waals surface area contributed by atoms with Gasteiger partial charge < -0.3 is 0 Å². The average molecular weight is 207 g/mol. The summed E-state index contributed by atoms with van der Waals surface area (Å²) in [7, 11) is 0. The van der Waals surface area contributed by atoms with E-state index in [2.05, 4.69) is 4.36 Å². The van der Waals surface area contributed by atoms with Gasteiger partial charge in [-0.1, -0.05) is 6.07 Å². The molecule has 0 spiro atoms. The van der Waals surface area contributed by atoms with Gasteiger partial charge in [-0.15, -0.1) is 0 Å². The average Bonchev–Trinajstić information content (AvgIpc) is 2.04. The molecule has 0 radical (unpaired) electrons. The van der Waals surface area contributed by atoms with Gasteiger partial charge in [-0.05, 0) is 18.2 Å². The number of hydrogen-bond acceptors (Lipinski definition) is 2. The van der Waals surface area contributed by atoms with E-state index >= 15 is 0 Å². The van der Waals surface area contributed by atoms with E-state index in [0.717, 1.165) is 12.1 Å². The van der Waals surface area contributed by atoms with Gasteiger partial charge >= 0.3 is 6.18 Å². The van der Waals surface area contributed by atoms with Crippen LogP contribution in [-0.2, 0) is 17.6 Å². The van der Waals surface area contributed by atoms with Crippen LogP contribution in [-0.4, -0.2) is 4.21 Å². The molecule has 0 saturated carbocycles. The van der Waals surface area contributed by atoms with Crippen LogP contribution in [0.3, 0.4) is 0 Å². The van der Waals surface area contributed by atoms with Crippen LogP contribution in [0.5, 0.6) is 0 Å². The molecule has 0 aliphatic heterocycles. The molecule has 70 valence electrons. The number of nitrogens with zero attached hydrogens (tertiary/aromatic N) is 1. The first-order chi connectivity index (χ1) is 6.04. The first-order valence-electron chi connectivity index (χ1n) is 3.21. The van der Waals surface area contributed by atoms with Crippen molar-refractivity contribution in [1.82, 2.24) is 0 Å². The Bertz CT molecular complexity index is 357. The maximum absolute atomic E-state index is 12.1. The highest BCUT2D eigenvalue weighted by atomic mass is 32.1. The maximum atomic E-state index is 12.1. The third-order valence-electron chi connectivity index (χ3n) is 1.32. The van der Waals surface area contributed by atoms with E-state index in [4.69, 9.17) is 0 Å². The van der Waals surface area contributed by atoms with Crippen LogP contribution < -0.4 is 0 Å². The summed E-state index contributed by atoms with van der Waals surface area (Å²) >= 11 is -0.118. The highest BCUT2D eigenvalue weighted by Gasteiger charge is 2.30. The Kier molecular flexibility index (Phi) is 2.82. The summed E-state index contributed by atoms with van der Waals surface area (Å²) in [5.41, 5.74) is -0.780. The highest BCUT2D eigenvalue weighted by molar-refractivity contribution is 7.54. The van der Waals surface area contributed by atoms with E-state index < -0.39 is 11.7 Å². The minimum Gasteiger partial charge on any atom is -0.191 e. The molecule has 0 saturated heterocycles. The highest BCUT2D eigenvalue weighted by Crippen LogP contribution is 2.31. The Morgan fingerprint density at radius 3 is 2.54 bits per heavy atom. The fourth-order valence-corrected chi connectivity index (χ4v) is 0.982. The second-order valence-electron chi connectivity index (χ2n) is 2.21. The summed E-state index contributed by atoms with van der Waals surface area (Å²) in [6, 6.07) is 4.29. The number of benzene rings is 1. The van der Waals surface area contributed by atoms with E-state index in [9.17, 15) is 17.4 Å². The molecule has 1 aromatic carbocycles. The molecule has 1 aromatic rings. The Balaban J connectivity index is 3.12. The summed E-state index contributed by atoms with van der Waals surface area (Å²) in [6.07, 6.45) is -4.39. The van der Waals surface area contributed by atoms with Crippen molar-refractivity contribution in [2.24, 2.45) is 4.36 Å². The first kappa shape index (κ1) is 9.91. The molecule has 0 fully saturated rings. The van der Waals surface area contributed by atoms with Gasteiger partial charge in [-0.25, -0.2) is 0 Å². The molecule has 0 aliphatic carbocycles. The number of rotatable bonds is 1. The Morgan fingerprint density at radius 2 is 2.00 bits per heavy atom. The van der Waals surface area contributed by atoms with Gasteiger partial charge in [0.25, 0.3) is 0 Å². The lowest BCUT2D eigenvalue weighted by Gasteiger charge is -2.05. The minimum atomic E-state index is -4.39. The molecule has 0 N–H and O–H groups in total. The quantitative estimate of drug-likeness (QED) is 0.696. The van der Waals surface area contributed by atoms with Crippen LogP contribution in [0, 0.1) is 0 Å². The Hall–Kier alpha value is -1.17. The molecule has 13 heavy (non-hydrogen) atoms. The monoisotopic (exact) mass is 207 g/mol. The summed E-state index contributed by atoms with van der Waals surface area (Å²) < 4.78 is 49.4. The maximum Gasteiger partial charge on any atom is 0.416 e. The SMILES string of the molecule is O=S=Nc1cccc(C(F)(F)F)c1. The normalized spacial score (nSPS) is 11.0. The Labute approximate surface area is 75.6 Å². The molecule has 2 nitrogen and oxygen atoms in total. The molecular formula is C7H4F3NOS. The summed E-state index contributed by atoms with van der Waals surface area (Å²) in [4.78, 5) is 0. The fraction of sp³-hybridized carbons (Fsp3) is 0.143. The summed E-state index contributed by atoms with van der Waals surface area (Å²) in [6.45, 7) is 0. The fourth-order valence-electron chi connectivity index (χ4n) is 0.782. The van der Waals surface area contributed by atoms with Crippen molar-refractivity contribution in [2.45, 2.75) is 6.18 Å². The van der Waals surface area contributed by atoms with E-state index in [1.165, 1.54) is 12.1 Å². The summed E-state index contributed by atoms with van der Waals surface area (Å²) in [5.74, 6) is 0. The zero-order valence-corrected chi connectivity index (χ0v) is 7.02. The van der Waals surface area contributed by atoms with Gasteiger partial charge in [0.1, 0.15) is 0 Å². The van der Waals surface area contributed by atoms with E-state index in [1.54, 1.807) is 0 Å². The van der Waals surface area contributed by atoms with Crippen molar-refractivity contribution in [3.63, 3.8) is 0 Å². The third kappa shape index (κ3) is 2.66. The van der Waals surface area contributed by atoms with Gasteiger partial charge in [-0.3, -0.25) is 0 Å². The van der Waals surface area contributed by atoms with Crippen LogP contribution in [0.2, 0.25) is 0 Å². The minimum absolute atomic E-state index is 0.0230. The second kappa shape index (κ2) is 3.69. The second-order valence-corrected chi connectivity index (χ2v) is 2.55. The van der Waals surface area contributed by atoms with Crippen LogP contribution in [0.1, 0.15) is 5.56 Å². The van der Waals surface area contributed by atoms with Crippen LogP contribution >= 0.6 is 0 Å². The number of hydrogen-bond donors (Lipinski definition) is 0. The van der Waals surface area contributed by atoms with Crippen LogP contribution in [0.25, 0.3) is 0 Å². The molecule has 0 unspecified atom stereocenters. The number of halogens is 3. The van der Waals surface area contributed by atoms with E-state index in [-0.39, 0.29) is 17.2 Å². The van der Waals surface area contributed by atoms with Crippen molar-refractivity contribution in [3.8, 4) is 0 Å². The summed E-state index contributed by atoms with van der Waals surface area (Å²) in [5, 5.41) is 0. The van der Waals surface area contributed by atoms with Gasteiger partial charge in [-0.2, -0.15) is 21.7 Å². The number of alkyl halides is 3. The van der Waals surface area contributed by atoms with E-state index in [1.807, 2.05) is 0 Å². The van der Waals surface area contributed by atoms with Crippen molar-refractivity contribution < 1.29 is 17.4 Å². The van der Waals surface area contributed by atoms with E-state index in [0.29, 0.717) is 0 Å². The van der Waals surface area contributed by atoms with Crippen LogP contribution in [0.15, 0.2) is 28.6 Å². The topological polar surface area (TPSA) is 29.4 Å². The largest absolute Gasteiger partial charge is 0.416 e. The van der Waals surface area contributed by atoms with Crippen molar-refractivity contribution in [1.29, 1.82) is 0 Å². The zero-order valence-electron chi connectivity index (χ0n) is 6.21. The van der Waals surface area contributed by atoms with Gasteiger partial charge in [0.05, 0.1) is 11.3 Å². The molecule has 6 heteroatoms. The molecule has 0 bridgehead atoms. The molecule has 0 atom stereocenters. The van der Waals surface area contributed by atoms with Gasteiger partial charge in [0, 0.05) is 0 Å². The van der Waals surface area contributed by atoms with Crippen molar-refractivity contribution in [2.75, 3.05) is 0 Å². The Morgan fingerprint density at radius 1 is 1.31 bits per heavy atom. The molecule has 1 rings (SSSR count). The van der Waals surface area contributed by atoms with Crippen LogP contribution in [0.4, 0.5) is 18.9 Å². The lowest BCUT2D eigenvalue weighted by atomic mass is 10.2. The predicted molar refractivity (Wildman–Crippen MR) is 41.7 cm³/mol. The van der Waals surface area contributed by atoms with Crippen molar-refractivity contribution >= 4 is 17.2 Å². The smallest absolute Gasteiger partial charge is 0.191 e. The van der Waals surface area contributed by atoms with Crippen molar-refractivity contribution in [3.05, 3.63) is 29.8 Å². The molecule has 0 amide bonds.